The predicted octanol–water partition coefficient (Wildman–Crippen LogP) is 4.40. The number of amides is 1. The maximum atomic E-state index is 13.6. The van der Waals surface area contributed by atoms with Crippen molar-refractivity contribution in [2.24, 2.45) is 7.05 Å². The summed E-state index contributed by atoms with van der Waals surface area (Å²) >= 11 is 1.61. The molecule has 1 aromatic carbocycles. The highest BCUT2D eigenvalue weighted by molar-refractivity contribution is 7.13. The van der Waals surface area contributed by atoms with Gasteiger partial charge in [-0.1, -0.05) is 25.1 Å². The van der Waals surface area contributed by atoms with E-state index >= 15 is 0 Å². The molecule has 7 nitrogen and oxygen atoms in total. The van der Waals surface area contributed by atoms with E-state index in [1.807, 2.05) is 55.7 Å². The first-order valence-corrected chi connectivity index (χ1v) is 12.2. The van der Waals surface area contributed by atoms with E-state index in [4.69, 9.17) is 4.98 Å². The largest absolute Gasteiger partial charge is 0.367 e. The number of anilines is 2. The molecule has 0 atom stereocenters. The number of carbonyl (C=O) groups is 1. The zero-order valence-corrected chi connectivity index (χ0v) is 20.0. The second-order valence-electron chi connectivity index (χ2n) is 8.33. The van der Waals surface area contributed by atoms with Crippen LogP contribution in [0.25, 0.3) is 21.6 Å². The van der Waals surface area contributed by atoms with Crippen LogP contribution in [0.5, 0.6) is 0 Å². The number of nitrogens with one attached hydrogen (secondary N) is 1. The standard InChI is InChI=1S/C25H28N6OS/c1-4-30-11-13-31(14-12-30)21-9-6-5-8-19(21)27-25(32)18-16-20(22-10-7-15-33-22)26-24-23(18)17(2)28-29(24)3/h5-10,15-16H,4,11-14H2,1-3H3,(H,27,32). The van der Waals surface area contributed by atoms with Gasteiger partial charge in [0.1, 0.15) is 0 Å². The number of aryl methyl sites for hydroxylation is 2. The zero-order chi connectivity index (χ0) is 22.9. The Bertz CT molecular complexity index is 1290. The molecule has 3 aromatic heterocycles. The molecule has 0 spiro atoms. The van der Waals surface area contributed by atoms with Gasteiger partial charge in [0.15, 0.2) is 5.65 Å². The molecule has 1 saturated heterocycles. The molecule has 1 aliphatic heterocycles. The molecule has 4 heterocycles. The van der Waals surface area contributed by atoms with Crippen LogP contribution in [0, 0.1) is 6.92 Å². The molecule has 0 aliphatic carbocycles. The second-order valence-corrected chi connectivity index (χ2v) is 9.28. The van der Waals surface area contributed by atoms with Crippen LogP contribution in [0.3, 0.4) is 0 Å². The van der Waals surface area contributed by atoms with Crippen LogP contribution in [-0.4, -0.2) is 58.3 Å². The van der Waals surface area contributed by atoms with Crippen molar-refractivity contribution in [2.45, 2.75) is 13.8 Å². The smallest absolute Gasteiger partial charge is 0.256 e. The quantitative estimate of drug-likeness (QED) is 0.478. The van der Waals surface area contributed by atoms with E-state index < -0.39 is 0 Å². The Hall–Kier alpha value is -3.23. The van der Waals surface area contributed by atoms with Gasteiger partial charge in [0, 0.05) is 33.2 Å². The Kier molecular flexibility index (Phi) is 5.86. The van der Waals surface area contributed by atoms with Crippen molar-refractivity contribution in [3.8, 4) is 10.6 Å². The van der Waals surface area contributed by atoms with Gasteiger partial charge >= 0.3 is 0 Å². The number of likely N-dealkylation sites (N-methyl/N-ethyl adjacent to an activating group) is 1. The van der Waals surface area contributed by atoms with Crippen LogP contribution >= 0.6 is 11.3 Å². The highest BCUT2D eigenvalue weighted by Crippen LogP contribution is 2.31. The molecular formula is C25H28N6OS. The Balaban J connectivity index is 1.51. The van der Waals surface area contributed by atoms with Crippen LogP contribution in [0.2, 0.25) is 0 Å². The van der Waals surface area contributed by atoms with Gasteiger partial charge in [-0.2, -0.15) is 5.10 Å². The molecule has 4 aromatic rings. The second kappa shape index (κ2) is 8.96. The lowest BCUT2D eigenvalue weighted by Gasteiger charge is -2.36. The van der Waals surface area contributed by atoms with Crippen LogP contribution in [0.4, 0.5) is 11.4 Å². The van der Waals surface area contributed by atoms with Gasteiger partial charge in [-0.05, 0) is 43.1 Å². The normalized spacial score (nSPS) is 14.7. The summed E-state index contributed by atoms with van der Waals surface area (Å²) in [4.78, 5) is 24.3. The average Bonchev–Trinajstić information content (AvgIpc) is 3.47. The predicted molar refractivity (Wildman–Crippen MR) is 135 cm³/mol. The summed E-state index contributed by atoms with van der Waals surface area (Å²) in [5.74, 6) is -0.143. The Morgan fingerprint density at radius 2 is 1.91 bits per heavy atom. The lowest BCUT2D eigenvalue weighted by atomic mass is 10.1. The van der Waals surface area contributed by atoms with Gasteiger partial charge in [0.2, 0.25) is 0 Å². The summed E-state index contributed by atoms with van der Waals surface area (Å²) in [6.45, 7) is 9.15. The Morgan fingerprint density at radius 3 is 2.64 bits per heavy atom. The number of fused-ring (bicyclic) bond motifs is 1. The van der Waals surface area contributed by atoms with Crippen molar-refractivity contribution >= 4 is 39.7 Å². The third kappa shape index (κ3) is 4.12. The number of nitrogens with zero attached hydrogens (tertiary/aromatic N) is 5. The van der Waals surface area contributed by atoms with Gasteiger partial charge < -0.3 is 15.1 Å². The lowest BCUT2D eigenvalue weighted by molar-refractivity contribution is 0.102. The first kappa shape index (κ1) is 21.6. The van der Waals surface area contributed by atoms with Crippen LogP contribution in [0.15, 0.2) is 47.8 Å². The number of benzene rings is 1. The summed E-state index contributed by atoms with van der Waals surface area (Å²) in [7, 11) is 1.87. The number of piperazine rings is 1. The topological polar surface area (TPSA) is 66.3 Å². The molecule has 8 heteroatoms. The minimum atomic E-state index is -0.143. The molecule has 33 heavy (non-hydrogen) atoms. The number of para-hydroxylation sites is 2. The van der Waals surface area contributed by atoms with E-state index in [1.165, 1.54) is 0 Å². The number of hydrogen-bond acceptors (Lipinski definition) is 6. The zero-order valence-electron chi connectivity index (χ0n) is 19.2. The van der Waals surface area contributed by atoms with Gasteiger partial charge in [-0.25, -0.2) is 4.98 Å². The summed E-state index contributed by atoms with van der Waals surface area (Å²) in [6, 6.07) is 14.0. The summed E-state index contributed by atoms with van der Waals surface area (Å²) in [5, 5.41) is 10.5. The van der Waals surface area contributed by atoms with Crippen LogP contribution in [-0.2, 0) is 7.05 Å². The highest BCUT2D eigenvalue weighted by Gasteiger charge is 2.22. The van der Waals surface area contributed by atoms with Crippen molar-refractivity contribution in [2.75, 3.05) is 42.9 Å². The molecule has 0 saturated carbocycles. The number of pyridine rings is 1. The molecule has 0 radical (unpaired) electrons. The van der Waals surface area contributed by atoms with Gasteiger partial charge in [-0.15, -0.1) is 11.3 Å². The van der Waals surface area contributed by atoms with Crippen molar-refractivity contribution in [1.29, 1.82) is 0 Å². The third-order valence-corrected chi connectivity index (χ3v) is 7.19. The SMILES string of the molecule is CCN1CCN(c2ccccc2NC(=O)c2cc(-c3cccs3)nc3c2c(C)nn3C)CC1. The first-order chi connectivity index (χ1) is 16.0. The monoisotopic (exact) mass is 460 g/mol. The fourth-order valence-electron chi connectivity index (χ4n) is 4.52. The van der Waals surface area contributed by atoms with E-state index in [2.05, 4.69) is 33.2 Å². The summed E-state index contributed by atoms with van der Waals surface area (Å²) in [6.07, 6.45) is 0. The van der Waals surface area contributed by atoms with Crippen molar-refractivity contribution < 1.29 is 4.79 Å². The fraction of sp³-hybridized carbons (Fsp3) is 0.320. The minimum absolute atomic E-state index is 0.143. The molecule has 5 rings (SSSR count). The number of thiophene rings is 1. The average molecular weight is 461 g/mol. The summed E-state index contributed by atoms with van der Waals surface area (Å²) < 4.78 is 1.75. The van der Waals surface area contributed by atoms with Crippen LogP contribution < -0.4 is 10.2 Å². The van der Waals surface area contributed by atoms with E-state index in [9.17, 15) is 4.79 Å². The van der Waals surface area contributed by atoms with E-state index in [1.54, 1.807) is 16.0 Å². The maximum Gasteiger partial charge on any atom is 0.256 e. The highest BCUT2D eigenvalue weighted by atomic mass is 32.1. The molecule has 0 unspecified atom stereocenters. The molecule has 170 valence electrons. The Labute approximate surface area is 197 Å². The summed E-state index contributed by atoms with van der Waals surface area (Å²) in [5.41, 5.74) is 4.79. The number of aromatic nitrogens is 3. The van der Waals surface area contributed by atoms with Gasteiger partial charge in [0.05, 0.1) is 38.6 Å². The fourth-order valence-corrected chi connectivity index (χ4v) is 5.21. The number of rotatable bonds is 5. The molecule has 1 N–H and O–H groups in total. The van der Waals surface area contributed by atoms with Crippen molar-refractivity contribution in [1.82, 2.24) is 19.7 Å². The molecule has 1 amide bonds. The number of hydrogen-bond donors (Lipinski definition) is 1. The van der Waals surface area contributed by atoms with E-state index in [0.29, 0.717) is 11.2 Å². The Morgan fingerprint density at radius 1 is 1.12 bits per heavy atom. The molecule has 1 aliphatic rings. The molecule has 0 bridgehead atoms. The van der Waals surface area contributed by atoms with E-state index in [0.717, 1.165) is 65.7 Å². The third-order valence-electron chi connectivity index (χ3n) is 6.30. The lowest BCUT2D eigenvalue weighted by Crippen LogP contribution is -2.46. The number of carbonyl (C=O) groups excluding carboxylic acids is 1. The van der Waals surface area contributed by atoms with Crippen LogP contribution in [0.1, 0.15) is 23.0 Å². The van der Waals surface area contributed by atoms with Gasteiger partial charge in [-0.3, -0.25) is 9.48 Å². The van der Waals surface area contributed by atoms with Crippen molar-refractivity contribution in [3.05, 3.63) is 59.1 Å². The first-order valence-electron chi connectivity index (χ1n) is 11.3. The van der Waals surface area contributed by atoms with Crippen molar-refractivity contribution in [3.63, 3.8) is 0 Å². The van der Waals surface area contributed by atoms with Gasteiger partial charge in [0.25, 0.3) is 5.91 Å². The minimum Gasteiger partial charge on any atom is -0.367 e. The maximum absolute atomic E-state index is 13.6. The van der Waals surface area contributed by atoms with E-state index in [-0.39, 0.29) is 5.91 Å². The molecule has 1 fully saturated rings. The molecular weight excluding hydrogens is 432 g/mol.